The third-order valence-electron chi connectivity index (χ3n) is 3.53. The number of carbonyl (C=O) groups excluding carboxylic acids is 1. The van der Waals surface area contributed by atoms with Crippen LogP contribution in [-0.4, -0.2) is 36.6 Å². The van der Waals surface area contributed by atoms with E-state index in [1.54, 1.807) is 6.92 Å². The summed E-state index contributed by atoms with van der Waals surface area (Å²) in [5.74, 6) is -0.398. The van der Waals surface area contributed by atoms with Crippen LogP contribution in [0.15, 0.2) is 0 Å². The van der Waals surface area contributed by atoms with E-state index >= 15 is 0 Å². The Bertz CT molecular complexity index is 286. The summed E-state index contributed by atoms with van der Waals surface area (Å²) in [7, 11) is 0. The summed E-state index contributed by atoms with van der Waals surface area (Å²) < 4.78 is 37.3. The van der Waals surface area contributed by atoms with Crippen molar-refractivity contribution in [2.24, 2.45) is 11.1 Å². The molecule has 0 unspecified atom stereocenters. The van der Waals surface area contributed by atoms with Gasteiger partial charge in [-0.15, -0.1) is 0 Å². The predicted molar refractivity (Wildman–Crippen MR) is 62.9 cm³/mol. The van der Waals surface area contributed by atoms with Gasteiger partial charge in [-0.3, -0.25) is 4.79 Å². The van der Waals surface area contributed by atoms with Gasteiger partial charge in [0.05, 0.1) is 0 Å². The van der Waals surface area contributed by atoms with Crippen LogP contribution < -0.4 is 5.73 Å². The largest absolute Gasteiger partial charge is 0.406 e. The van der Waals surface area contributed by atoms with Crippen molar-refractivity contribution in [3.8, 4) is 0 Å². The lowest BCUT2D eigenvalue weighted by Gasteiger charge is -2.37. The van der Waals surface area contributed by atoms with Gasteiger partial charge in [-0.2, -0.15) is 13.2 Å². The van der Waals surface area contributed by atoms with Gasteiger partial charge in [0.1, 0.15) is 6.54 Å². The van der Waals surface area contributed by atoms with Crippen molar-refractivity contribution in [2.45, 2.75) is 45.2 Å². The van der Waals surface area contributed by atoms with Gasteiger partial charge in [0.25, 0.3) is 0 Å². The molecule has 106 valence electrons. The molecule has 1 rings (SSSR count). The highest BCUT2D eigenvalue weighted by molar-refractivity contribution is 5.82. The van der Waals surface area contributed by atoms with Crippen LogP contribution in [0, 0.1) is 5.41 Å². The van der Waals surface area contributed by atoms with Gasteiger partial charge >= 0.3 is 6.18 Å². The molecule has 1 aliphatic rings. The number of carbonyl (C=O) groups is 1. The molecular weight excluding hydrogens is 245 g/mol. The molecule has 1 amide bonds. The number of rotatable bonds is 4. The van der Waals surface area contributed by atoms with Gasteiger partial charge in [-0.05, 0) is 12.8 Å². The quantitative estimate of drug-likeness (QED) is 0.848. The van der Waals surface area contributed by atoms with E-state index in [9.17, 15) is 18.0 Å². The monoisotopic (exact) mass is 266 g/mol. The van der Waals surface area contributed by atoms with Gasteiger partial charge < -0.3 is 10.6 Å². The van der Waals surface area contributed by atoms with E-state index < -0.39 is 24.0 Å². The topological polar surface area (TPSA) is 46.3 Å². The smallest absolute Gasteiger partial charge is 0.332 e. The summed E-state index contributed by atoms with van der Waals surface area (Å²) in [6.45, 7) is 0.596. The third kappa shape index (κ3) is 4.15. The minimum Gasteiger partial charge on any atom is -0.332 e. The molecule has 0 spiro atoms. The number of hydrogen-bond acceptors (Lipinski definition) is 2. The van der Waals surface area contributed by atoms with E-state index in [4.69, 9.17) is 5.73 Å². The Balaban J connectivity index is 2.74. The normalized spacial score (nSPS) is 19.6. The minimum atomic E-state index is -4.37. The SMILES string of the molecule is CC1(C(=O)N(CCN)CC(F)(F)F)CCCCC1. The Morgan fingerprint density at radius 1 is 1.28 bits per heavy atom. The number of halogens is 3. The van der Waals surface area contributed by atoms with Crippen LogP contribution in [0.3, 0.4) is 0 Å². The molecule has 0 radical (unpaired) electrons. The molecule has 6 heteroatoms. The van der Waals surface area contributed by atoms with Crippen molar-refractivity contribution < 1.29 is 18.0 Å². The fourth-order valence-corrected chi connectivity index (χ4v) is 2.55. The molecule has 0 aromatic rings. The number of nitrogens with two attached hydrogens (primary N) is 1. The highest BCUT2D eigenvalue weighted by Gasteiger charge is 2.41. The van der Waals surface area contributed by atoms with Crippen LogP contribution in [0.5, 0.6) is 0 Å². The molecule has 0 aliphatic heterocycles. The summed E-state index contributed by atoms with van der Waals surface area (Å²) in [5, 5.41) is 0. The van der Waals surface area contributed by atoms with Crippen LogP contribution in [0.2, 0.25) is 0 Å². The number of amides is 1. The van der Waals surface area contributed by atoms with E-state index in [0.29, 0.717) is 12.8 Å². The summed E-state index contributed by atoms with van der Waals surface area (Å²) in [6, 6.07) is 0. The molecule has 1 aliphatic carbocycles. The van der Waals surface area contributed by atoms with Crippen molar-refractivity contribution in [3.63, 3.8) is 0 Å². The van der Waals surface area contributed by atoms with Crippen LogP contribution in [0.1, 0.15) is 39.0 Å². The lowest BCUT2D eigenvalue weighted by atomic mass is 9.74. The number of nitrogens with zero attached hydrogens (tertiary/aromatic N) is 1. The van der Waals surface area contributed by atoms with Gasteiger partial charge in [0, 0.05) is 18.5 Å². The van der Waals surface area contributed by atoms with E-state index in [1.807, 2.05) is 0 Å². The fourth-order valence-electron chi connectivity index (χ4n) is 2.55. The first-order chi connectivity index (χ1) is 8.28. The van der Waals surface area contributed by atoms with Crippen molar-refractivity contribution >= 4 is 5.91 Å². The van der Waals surface area contributed by atoms with Gasteiger partial charge in [-0.25, -0.2) is 0 Å². The van der Waals surface area contributed by atoms with Gasteiger partial charge in [-0.1, -0.05) is 26.2 Å². The molecule has 1 saturated carbocycles. The average Bonchev–Trinajstić information content (AvgIpc) is 2.27. The van der Waals surface area contributed by atoms with Crippen LogP contribution in [-0.2, 0) is 4.79 Å². The molecule has 3 nitrogen and oxygen atoms in total. The predicted octanol–water partition coefficient (Wildman–Crippen LogP) is 2.31. The van der Waals surface area contributed by atoms with Crippen LogP contribution in [0.25, 0.3) is 0 Å². The summed E-state index contributed by atoms with van der Waals surface area (Å²) in [6.07, 6.45) is -0.153. The standard InChI is InChI=1S/C12H21F3N2O/c1-11(5-3-2-4-6-11)10(18)17(8-7-16)9-12(13,14)15/h2-9,16H2,1H3. The lowest BCUT2D eigenvalue weighted by Crippen LogP contribution is -2.48. The summed E-state index contributed by atoms with van der Waals surface area (Å²) >= 11 is 0. The van der Waals surface area contributed by atoms with E-state index in [0.717, 1.165) is 24.2 Å². The number of alkyl halides is 3. The second-order valence-electron chi connectivity index (χ2n) is 5.25. The molecule has 0 aromatic carbocycles. The highest BCUT2D eigenvalue weighted by Crippen LogP contribution is 2.37. The van der Waals surface area contributed by atoms with E-state index in [1.165, 1.54) is 0 Å². The van der Waals surface area contributed by atoms with Gasteiger partial charge in [0.15, 0.2) is 0 Å². The zero-order chi connectivity index (χ0) is 13.8. The molecule has 1 fully saturated rings. The molecule has 0 heterocycles. The van der Waals surface area contributed by atoms with Crippen molar-refractivity contribution in [2.75, 3.05) is 19.6 Å². The molecule has 0 atom stereocenters. The minimum absolute atomic E-state index is 0.0338. The first kappa shape index (κ1) is 15.3. The molecule has 0 bridgehead atoms. The summed E-state index contributed by atoms with van der Waals surface area (Å²) in [4.78, 5) is 13.1. The van der Waals surface area contributed by atoms with E-state index in [-0.39, 0.29) is 13.1 Å². The zero-order valence-corrected chi connectivity index (χ0v) is 10.7. The van der Waals surface area contributed by atoms with Crippen molar-refractivity contribution in [1.82, 2.24) is 4.90 Å². The Morgan fingerprint density at radius 2 is 1.83 bits per heavy atom. The van der Waals surface area contributed by atoms with E-state index in [2.05, 4.69) is 0 Å². The maximum atomic E-state index is 12.4. The Hall–Kier alpha value is -0.780. The zero-order valence-electron chi connectivity index (χ0n) is 10.7. The Kier molecular flexibility index (Phi) is 5.01. The number of hydrogen-bond donors (Lipinski definition) is 1. The molecule has 18 heavy (non-hydrogen) atoms. The third-order valence-corrected chi connectivity index (χ3v) is 3.53. The Labute approximate surface area is 106 Å². The maximum Gasteiger partial charge on any atom is 0.406 e. The molecular formula is C12H21F3N2O. The molecule has 0 aromatic heterocycles. The van der Waals surface area contributed by atoms with Crippen molar-refractivity contribution in [1.29, 1.82) is 0 Å². The van der Waals surface area contributed by atoms with Gasteiger partial charge in [0.2, 0.25) is 5.91 Å². The highest BCUT2D eigenvalue weighted by atomic mass is 19.4. The fraction of sp³-hybridized carbons (Fsp3) is 0.917. The average molecular weight is 266 g/mol. The first-order valence-electron chi connectivity index (χ1n) is 6.35. The molecule has 0 saturated heterocycles. The second kappa shape index (κ2) is 5.91. The maximum absolute atomic E-state index is 12.4. The lowest BCUT2D eigenvalue weighted by molar-refractivity contribution is -0.168. The van der Waals surface area contributed by atoms with Crippen molar-refractivity contribution in [3.05, 3.63) is 0 Å². The second-order valence-corrected chi connectivity index (χ2v) is 5.25. The van der Waals surface area contributed by atoms with Crippen LogP contribution in [0.4, 0.5) is 13.2 Å². The van der Waals surface area contributed by atoms with Crippen LogP contribution >= 0.6 is 0 Å². The Morgan fingerprint density at radius 3 is 2.28 bits per heavy atom. The molecule has 2 N–H and O–H groups in total. The summed E-state index contributed by atoms with van der Waals surface area (Å²) in [5.41, 5.74) is 4.66. The first-order valence-corrected chi connectivity index (χ1v) is 6.35.